The molecule has 0 saturated carbocycles. The number of carbonyl (C=O) groups is 2. The topological polar surface area (TPSA) is 88.4 Å². The van der Waals surface area contributed by atoms with E-state index in [1.165, 1.54) is 22.9 Å². The van der Waals surface area contributed by atoms with Gasteiger partial charge in [0.05, 0.1) is 5.69 Å². The number of nitrogens with one attached hydrogen (secondary N) is 1. The quantitative estimate of drug-likeness (QED) is 0.702. The highest BCUT2D eigenvalue weighted by Gasteiger charge is 1.99. The first kappa shape index (κ1) is 11.7. The molecule has 0 aliphatic carbocycles. The fourth-order valence-electron chi connectivity index (χ4n) is 0.999. The van der Waals surface area contributed by atoms with Gasteiger partial charge < -0.3 is 15.0 Å². The van der Waals surface area contributed by atoms with E-state index in [1.54, 1.807) is 7.05 Å². The Labute approximate surface area is 90.8 Å². The third-order valence-electron chi connectivity index (χ3n) is 1.73. The van der Waals surface area contributed by atoms with Gasteiger partial charge in [0.25, 0.3) is 0 Å². The van der Waals surface area contributed by atoms with E-state index in [0.717, 1.165) is 12.2 Å². The monoisotopic (exact) mass is 222 g/mol. The molecule has 6 heteroatoms. The molecule has 0 spiro atoms. The predicted molar refractivity (Wildman–Crippen MR) is 57.1 cm³/mol. The number of nitrogens with zero attached hydrogens (tertiary/aromatic N) is 1. The minimum Gasteiger partial charge on any atom is -0.478 e. The molecule has 0 aliphatic heterocycles. The molecular formula is C10H10N2O4. The summed E-state index contributed by atoms with van der Waals surface area (Å²) < 4.78 is 1.30. The largest absolute Gasteiger partial charge is 0.478 e. The van der Waals surface area contributed by atoms with Crippen LogP contribution >= 0.6 is 0 Å². The Balaban J connectivity index is 2.74. The highest BCUT2D eigenvalue weighted by Crippen LogP contribution is 2.01. The van der Waals surface area contributed by atoms with Crippen LogP contribution in [0, 0.1) is 0 Å². The molecule has 0 radical (unpaired) electrons. The van der Waals surface area contributed by atoms with Crippen molar-refractivity contribution in [1.82, 2.24) is 4.57 Å². The van der Waals surface area contributed by atoms with Gasteiger partial charge in [0.1, 0.15) is 0 Å². The predicted octanol–water partition coefficient (Wildman–Crippen LogP) is -0.0354. The Morgan fingerprint density at radius 2 is 2.06 bits per heavy atom. The van der Waals surface area contributed by atoms with E-state index >= 15 is 0 Å². The Kier molecular flexibility index (Phi) is 3.60. The van der Waals surface area contributed by atoms with Crippen LogP contribution in [0.3, 0.4) is 0 Å². The third kappa shape index (κ3) is 3.41. The van der Waals surface area contributed by atoms with Gasteiger partial charge in [-0.05, 0) is 6.07 Å². The average molecular weight is 222 g/mol. The van der Waals surface area contributed by atoms with E-state index in [-0.39, 0.29) is 5.56 Å². The maximum Gasteiger partial charge on any atom is 0.328 e. The molecule has 1 amide bonds. The number of aromatic nitrogens is 1. The van der Waals surface area contributed by atoms with Crippen molar-refractivity contribution in [1.29, 1.82) is 0 Å². The second-order valence-electron chi connectivity index (χ2n) is 3.03. The van der Waals surface area contributed by atoms with Crippen LogP contribution in [0.1, 0.15) is 0 Å². The molecule has 0 bridgehead atoms. The van der Waals surface area contributed by atoms with Crippen molar-refractivity contribution in [2.45, 2.75) is 0 Å². The zero-order valence-electron chi connectivity index (χ0n) is 8.51. The molecule has 6 nitrogen and oxygen atoms in total. The Morgan fingerprint density at radius 1 is 1.38 bits per heavy atom. The normalized spacial score (nSPS) is 10.3. The standard InChI is InChI=1S/C10H10N2O4/c1-12-6-7(2-4-9(12)14)11-8(13)3-5-10(15)16/h2-6H,1H3,(H,11,13)(H,15,16)/b5-3+. The minimum absolute atomic E-state index is 0.195. The lowest BCUT2D eigenvalue weighted by atomic mass is 10.4. The smallest absolute Gasteiger partial charge is 0.328 e. The molecule has 0 aliphatic rings. The van der Waals surface area contributed by atoms with Crippen LogP contribution in [0.2, 0.25) is 0 Å². The summed E-state index contributed by atoms with van der Waals surface area (Å²) in [6, 6.07) is 2.74. The van der Waals surface area contributed by atoms with Crippen molar-refractivity contribution < 1.29 is 14.7 Å². The Morgan fingerprint density at radius 3 is 2.62 bits per heavy atom. The van der Waals surface area contributed by atoms with Crippen molar-refractivity contribution in [3.05, 3.63) is 40.8 Å². The minimum atomic E-state index is -1.20. The first-order chi connectivity index (χ1) is 7.49. The van der Waals surface area contributed by atoms with Crippen molar-refractivity contribution in [3.63, 3.8) is 0 Å². The second kappa shape index (κ2) is 4.92. The molecular weight excluding hydrogens is 212 g/mol. The number of aryl methyl sites for hydroxylation is 1. The molecule has 0 aromatic carbocycles. The lowest BCUT2D eigenvalue weighted by Crippen LogP contribution is -2.17. The number of carboxylic acids is 1. The van der Waals surface area contributed by atoms with Crippen LogP contribution in [0.4, 0.5) is 5.69 Å². The number of carbonyl (C=O) groups excluding carboxylic acids is 1. The molecule has 0 atom stereocenters. The zero-order chi connectivity index (χ0) is 12.1. The van der Waals surface area contributed by atoms with Crippen LogP contribution in [-0.4, -0.2) is 21.6 Å². The van der Waals surface area contributed by atoms with Gasteiger partial charge in [-0.25, -0.2) is 4.79 Å². The molecule has 0 saturated heterocycles. The molecule has 2 N–H and O–H groups in total. The molecule has 84 valence electrons. The van der Waals surface area contributed by atoms with E-state index in [4.69, 9.17) is 5.11 Å². The van der Waals surface area contributed by atoms with Crippen LogP contribution < -0.4 is 10.9 Å². The molecule has 1 aromatic rings. The summed E-state index contributed by atoms with van der Waals surface area (Å²) in [5.41, 5.74) is 0.223. The molecule has 1 heterocycles. The molecule has 0 unspecified atom stereocenters. The number of hydrogen-bond acceptors (Lipinski definition) is 3. The van der Waals surface area contributed by atoms with E-state index in [0.29, 0.717) is 5.69 Å². The maximum atomic E-state index is 11.2. The lowest BCUT2D eigenvalue weighted by molar-refractivity contribution is -0.131. The Hall–Kier alpha value is -2.37. The van der Waals surface area contributed by atoms with Crippen molar-refractivity contribution in [2.24, 2.45) is 7.05 Å². The van der Waals surface area contributed by atoms with E-state index in [9.17, 15) is 14.4 Å². The Bertz CT molecular complexity index is 502. The number of hydrogen-bond donors (Lipinski definition) is 2. The summed E-state index contributed by atoms with van der Waals surface area (Å²) in [6.45, 7) is 0. The summed E-state index contributed by atoms with van der Waals surface area (Å²) in [5, 5.41) is 10.7. The summed E-state index contributed by atoms with van der Waals surface area (Å²) in [6.07, 6.45) is 3.07. The van der Waals surface area contributed by atoms with E-state index in [1.807, 2.05) is 0 Å². The maximum absolute atomic E-state index is 11.2. The van der Waals surface area contributed by atoms with Crippen LogP contribution in [0.5, 0.6) is 0 Å². The van der Waals surface area contributed by atoms with Crippen LogP contribution in [0.25, 0.3) is 0 Å². The lowest BCUT2D eigenvalue weighted by Gasteiger charge is -2.03. The first-order valence-electron chi connectivity index (χ1n) is 4.38. The fourth-order valence-corrected chi connectivity index (χ4v) is 0.999. The molecule has 16 heavy (non-hydrogen) atoms. The third-order valence-corrected chi connectivity index (χ3v) is 1.73. The number of pyridine rings is 1. The first-order valence-corrected chi connectivity index (χ1v) is 4.38. The van der Waals surface area contributed by atoms with E-state index in [2.05, 4.69) is 5.32 Å². The van der Waals surface area contributed by atoms with Gasteiger partial charge in [-0.15, -0.1) is 0 Å². The van der Waals surface area contributed by atoms with Gasteiger partial charge in [0, 0.05) is 31.5 Å². The second-order valence-corrected chi connectivity index (χ2v) is 3.03. The molecule has 1 aromatic heterocycles. The number of rotatable bonds is 3. The number of amides is 1. The summed E-state index contributed by atoms with van der Waals surface area (Å²) in [5.74, 6) is -1.77. The fraction of sp³-hybridized carbons (Fsp3) is 0.100. The van der Waals surface area contributed by atoms with Crippen LogP contribution in [0.15, 0.2) is 35.3 Å². The average Bonchev–Trinajstić information content (AvgIpc) is 2.21. The number of anilines is 1. The molecule has 1 rings (SSSR count). The van der Waals surface area contributed by atoms with Crippen molar-refractivity contribution in [2.75, 3.05) is 5.32 Å². The van der Waals surface area contributed by atoms with Gasteiger partial charge in [0.2, 0.25) is 11.5 Å². The van der Waals surface area contributed by atoms with Crippen LogP contribution in [-0.2, 0) is 16.6 Å². The van der Waals surface area contributed by atoms with Crippen molar-refractivity contribution >= 4 is 17.6 Å². The summed E-state index contributed by atoms with van der Waals surface area (Å²) in [7, 11) is 1.55. The summed E-state index contributed by atoms with van der Waals surface area (Å²) in [4.78, 5) is 32.3. The number of carboxylic acid groups (broad SMARTS) is 1. The zero-order valence-corrected chi connectivity index (χ0v) is 8.51. The number of aliphatic carboxylic acids is 1. The van der Waals surface area contributed by atoms with Gasteiger partial charge in [-0.1, -0.05) is 0 Å². The summed E-state index contributed by atoms with van der Waals surface area (Å²) >= 11 is 0. The van der Waals surface area contributed by atoms with Gasteiger partial charge >= 0.3 is 5.97 Å². The highest BCUT2D eigenvalue weighted by atomic mass is 16.4. The van der Waals surface area contributed by atoms with Gasteiger partial charge in [-0.3, -0.25) is 9.59 Å². The SMILES string of the molecule is Cn1cc(NC(=O)/C=C/C(=O)O)ccc1=O. The van der Waals surface area contributed by atoms with Gasteiger partial charge in [-0.2, -0.15) is 0 Å². The van der Waals surface area contributed by atoms with E-state index < -0.39 is 11.9 Å². The molecule has 0 fully saturated rings. The highest BCUT2D eigenvalue weighted by molar-refractivity contribution is 6.02. The van der Waals surface area contributed by atoms with Gasteiger partial charge in [0.15, 0.2) is 0 Å². The van der Waals surface area contributed by atoms with Crippen molar-refractivity contribution in [3.8, 4) is 0 Å².